The van der Waals surface area contributed by atoms with E-state index in [2.05, 4.69) is 25.9 Å². The van der Waals surface area contributed by atoms with Gasteiger partial charge in [0.25, 0.3) is 0 Å². The minimum Gasteiger partial charge on any atom is -0.370 e. The zero-order valence-electron chi connectivity index (χ0n) is 11.6. The molecule has 2 aliphatic rings. The molecule has 3 rings (SSSR count). The van der Waals surface area contributed by atoms with E-state index in [4.69, 9.17) is 0 Å². The fourth-order valence-corrected chi connectivity index (χ4v) is 2.78. The Balaban J connectivity index is 1.70. The van der Waals surface area contributed by atoms with Crippen LogP contribution in [-0.4, -0.2) is 30.1 Å². The fourth-order valence-electron chi connectivity index (χ4n) is 2.78. The maximum absolute atomic E-state index is 4.57. The third kappa shape index (κ3) is 2.81. The summed E-state index contributed by atoms with van der Waals surface area (Å²) < 4.78 is 0. The van der Waals surface area contributed by atoms with Crippen molar-refractivity contribution in [3.63, 3.8) is 0 Å². The van der Waals surface area contributed by atoms with E-state index in [0.29, 0.717) is 0 Å². The Labute approximate surface area is 114 Å². The van der Waals surface area contributed by atoms with Gasteiger partial charge >= 0.3 is 0 Å². The smallest absolute Gasteiger partial charge is 0.224 e. The molecule has 5 heteroatoms. The Hall–Kier alpha value is -1.36. The van der Waals surface area contributed by atoms with Crippen molar-refractivity contribution in [3.05, 3.63) is 11.3 Å². The van der Waals surface area contributed by atoms with E-state index >= 15 is 0 Å². The summed E-state index contributed by atoms with van der Waals surface area (Å²) >= 11 is 0. The van der Waals surface area contributed by atoms with Crippen molar-refractivity contribution in [2.45, 2.75) is 38.6 Å². The van der Waals surface area contributed by atoms with E-state index in [9.17, 15) is 0 Å². The Kier molecular flexibility index (Phi) is 3.82. The SMILES string of the molecule is CNc1nc2c(c(NCCC3CCC3)n1)CNCC2. The normalized spacial score (nSPS) is 18.6. The number of fused-ring (bicyclic) bond motifs is 1. The number of hydrogen-bond acceptors (Lipinski definition) is 5. The molecule has 0 radical (unpaired) electrons. The van der Waals surface area contributed by atoms with Gasteiger partial charge in [0, 0.05) is 38.7 Å². The number of aromatic nitrogens is 2. The second-order valence-corrected chi connectivity index (χ2v) is 5.51. The molecule has 1 saturated carbocycles. The van der Waals surface area contributed by atoms with Gasteiger partial charge in [-0.2, -0.15) is 4.98 Å². The molecule has 1 aliphatic heterocycles. The molecule has 2 heterocycles. The maximum atomic E-state index is 4.57. The first-order valence-corrected chi connectivity index (χ1v) is 7.39. The third-order valence-corrected chi connectivity index (χ3v) is 4.23. The van der Waals surface area contributed by atoms with E-state index in [-0.39, 0.29) is 0 Å². The highest BCUT2D eigenvalue weighted by Gasteiger charge is 2.19. The molecule has 1 aromatic heterocycles. The number of hydrogen-bond donors (Lipinski definition) is 3. The summed E-state index contributed by atoms with van der Waals surface area (Å²) in [7, 11) is 1.88. The zero-order chi connectivity index (χ0) is 13.1. The van der Waals surface area contributed by atoms with Crippen molar-refractivity contribution < 1.29 is 0 Å². The van der Waals surface area contributed by atoms with Crippen LogP contribution in [0.4, 0.5) is 11.8 Å². The molecule has 19 heavy (non-hydrogen) atoms. The van der Waals surface area contributed by atoms with Gasteiger partial charge in [0.1, 0.15) is 5.82 Å². The molecule has 0 spiro atoms. The molecule has 0 bridgehead atoms. The second-order valence-electron chi connectivity index (χ2n) is 5.51. The van der Waals surface area contributed by atoms with Gasteiger partial charge in [-0.1, -0.05) is 19.3 Å². The molecule has 0 unspecified atom stereocenters. The Bertz CT molecular complexity index is 442. The molecule has 1 fully saturated rings. The van der Waals surface area contributed by atoms with Crippen LogP contribution in [0.3, 0.4) is 0 Å². The van der Waals surface area contributed by atoms with Crippen LogP contribution >= 0.6 is 0 Å². The highest BCUT2D eigenvalue weighted by atomic mass is 15.1. The van der Waals surface area contributed by atoms with Crippen LogP contribution in [0.2, 0.25) is 0 Å². The maximum Gasteiger partial charge on any atom is 0.224 e. The van der Waals surface area contributed by atoms with E-state index in [1.165, 1.54) is 36.9 Å². The van der Waals surface area contributed by atoms with Crippen molar-refractivity contribution in [2.75, 3.05) is 30.8 Å². The Morgan fingerprint density at radius 1 is 1.32 bits per heavy atom. The van der Waals surface area contributed by atoms with E-state index in [1.807, 2.05) is 7.05 Å². The van der Waals surface area contributed by atoms with Crippen molar-refractivity contribution in [1.29, 1.82) is 0 Å². The second kappa shape index (κ2) is 5.74. The Morgan fingerprint density at radius 3 is 2.95 bits per heavy atom. The summed E-state index contributed by atoms with van der Waals surface area (Å²) in [5.74, 6) is 2.68. The lowest BCUT2D eigenvalue weighted by atomic mass is 9.83. The molecular formula is C14H23N5. The first-order chi connectivity index (χ1) is 9.36. The minimum absolute atomic E-state index is 0.729. The number of rotatable bonds is 5. The fraction of sp³-hybridized carbons (Fsp3) is 0.714. The quantitative estimate of drug-likeness (QED) is 0.754. The standard InChI is InChI=1S/C14H23N5/c1-15-14-18-12-6-7-16-9-11(12)13(19-14)17-8-5-10-3-2-4-10/h10,16H,2-9H2,1H3,(H2,15,17,18,19). The minimum atomic E-state index is 0.729. The van der Waals surface area contributed by atoms with Crippen LogP contribution in [0.25, 0.3) is 0 Å². The van der Waals surface area contributed by atoms with Gasteiger partial charge in [0.15, 0.2) is 0 Å². The largest absolute Gasteiger partial charge is 0.370 e. The van der Waals surface area contributed by atoms with Gasteiger partial charge in [-0.15, -0.1) is 0 Å². The highest BCUT2D eigenvalue weighted by Crippen LogP contribution is 2.29. The highest BCUT2D eigenvalue weighted by molar-refractivity contribution is 5.51. The molecule has 0 saturated heterocycles. The monoisotopic (exact) mass is 261 g/mol. The van der Waals surface area contributed by atoms with Crippen molar-refractivity contribution in [3.8, 4) is 0 Å². The zero-order valence-corrected chi connectivity index (χ0v) is 11.6. The summed E-state index contributed by atoms with van der Waals surface area (Å²) in [6, 6.07) is 0. The topological polar surface area (TPSA) is 61.9 Å². The van der Waals surface area contributed by atoms with Gasteiger partial charge in [0.05, 0.1) is 5.69 Å². The summed E-state index contributed by atoms with van der Waals surface area (Å²) in [6.07, 6.45) is 6.49. The first-order valence-electron chi connectivity index (χ1n) is 7.39. The van der Waals surface area contributed by atoms with Crippen molar-refractivity contribution in [2.24, 2.45) is 5.92 Å². The predicted octanol–water partition coefficient (Wildman–Crippen LogP) is 1.77. The predicted molar refractivity (Wildman–Crippen MR) is 77.4 cm³/mol. The van der Waals surface area contributed by atoms with Gasteiger partial charge in [-0.05, 0) is 12.3 Å². The number of nitrogens with one attached hydrogen (secondary N) is 3. The van der Waals surface area contributed by atoms with Crippen LogP contribution in [0.1, 0.15) is 36.9 Å². The molecule has 0 amide bonds. The van der Waals surface area contributed by atoms with Gasteiger partial charge in [-0.25, -0.2) is 4.98 Å². The molecule has 1 aliphatic carbocycles. The van der Waals surface area contributed by atoms with Crippen LogP contribution in [-0.2, 0) is 13.0 Å². The van der Waals surface area contributed by atoms with Crippen LogP contribution < -0.4 is 16.0 Å². The molecular weight excluding hydrogens is 238 g/mol. The van der Waals surface area contributed by atoms with Crippen molar-refractivity contribution >= 4 is 11.8 Å². The molecule has 5 nitrogen and oxygen atoms in total. The molecule has 104 valence electrons. The molecule has 1 aromatic rings. The van der Waals surface area contributed by atoms with Crippen molar-refractivity contribution in [1.82, 2.24) is 15.3 Å². The summed E-state index contributed by atoms with van der Waals surface area (Å²) in [5, 5.41) is 9.97. The van der Waals surface area contributed by atoms with Crippen LogP contribution in [0.5, 0.6) is 0 Å². The average Bonchev–Trinajstić information content (AvgIpc) is 2.41. The van der Waals surface area contributed by atoms with Gasteiger partial charge in [0.2, 0.25) is 5.95 Å². The average molecular weight is 261 g/mol. The first kappa shape index (κ1) is 12.7. The molecule has 0 aromatic carbocycles. The third-order valence-electron chi connectivity index (χ3n) is 4.23. The Morgan fingerprint density at radius 2 is 2.21 bits per heavy atom. The van der Waals surface area contributed by atoms with Gasteiger partial charge in [-0.3, -0.25) is 0 Å². The lowest BCUT2D eigenvalue weighted by molar-refractivity contribution is 0.303. The molecule has 0 atom stereocenters. The number of anilines is 2. The lowest BCUT2D eigenvalue weighted by Gasteiger charge is -2.26. The van der Waals surface area contributed by atoms with E-state index in [1.54, 1.807) is 0 Å². The van der Waals surface area contributed by atoms with Crippen LogP contribution in [0, 0.1) is 5.92 Å². The van der Waals surface area contributed by atoms with Gasteiger partial charge < -0.3 is 16.0 Å². The summed E-state index contributed by atoms with van der Waals surface area (Å²) in [4.78, 5) is 9.13. The summed E-state index contributed by atoms with van der Waals surface area (Å²) in [5.41, 5.74) is 2.43. The van der Waals surface area contributed by atoms with Crippen LogP contribution in [0.15, 0.2) is 0 Å². The lowest BCUT2D eigenvalue weighted by Crippen LogP contribution is -2.27. The molecule has 3 N–H and O–H groups in total. The number of nitrogens with zero attached hydrogens (tertiary/aromatic N) is 2. The van der Waals surface area contributed by atoms with E-state index in [0.717, 1.165) is 43.7 Å². The summed E-state index contributed by atoms with van der Waals surface area (Å²) in [6.45, 7) is 2.91. The van der Waals surface area contributed by atoms with E-state index < -0.39 is 0 Å².